The van der Waals surface area contributed by atoms with Gasteiger partial charge in [0.05, 0.1) is 0 Å². The summed E-state index contributed by atoms with van der Waals surface area (Å²) in [7, 11) is -1.87. The largest absolute Gasteiger partial charge is 0.126 e. The van der Waals surface area contributed by atoms with Gasteiger partial charge in [0.25, 0.3) is 0 Å². The molecule has 2 aromatic rings. The molecule has 0 saturated heterocycles. The van der Waals surface area contributed by atoms with Gasteiger partial charge in [0.1, 0.15) is 8.07 Å². The number of allylic oxidation sites excluding steroid dienone is 1. The van der Waals surface area contributed by atoms with E-state index >= 15 is 0 Å². The van der Waals surface area contributed by atoms with Gasteiger partial charge in [-0.15, -0.1) is 6.58 Å². The summed E-state index contributed by atoms with van der Waals surface area (Å²) in [5.41, 5.74) is 0. The summed E-state index contributed by atoms with van der Waals surface area (Å²) in [6, 6.07) is 23.1. The minimum absolute atomic E-state index is 0.240. The van der Waals surface area contributed by atoms with Gasteiger partial charge in [-0.2, -0.15) is 0 Å². The van der Waals surface area contributed by atoms with Crippen LogP contribution in [0, 0.1) is 0 Å². The summed E-state index contributed by atoms with van der Waals surface area (Å²) in [5.74, 6) is 0. The fourth-order valence-electron chi connectivity index (χ4n) is 3.24. The molecule has 2 aromatic carbocycles. The molecule has 104 valence electrons. The van der Waals surface area contributed by atoms with E-state index < -0.39 is 8.07 Å². The third-order valence-electron chi connectivity index (χ3n) is 4.26. The minimum Gasteiger partial charge on any atom is -0.103 e. The fourth-order valence-corrected chi connectivity index (χ4v) is 8.34. The maximum absolute atomic E-state index is 4.04. The Bertz CT molecular complexity index is 510. The smallest absolute Gasteiger partial charge is 0.103 e. The molecule has 20 heavy (non-hydrogen) atoms. The Morgan fingerprint density at radius 3 is 1.55 bits per heavy atom. The summed E-state index contributed by atoms with van der Waals surface area (Å²) in [6.07, 6.45) is 2.11. The van der Waals surface area contributed by atoms with Crippen LogP contribution < -0.4 is 10.4 Å². The van der Waals surface area contributed by atoms with Crippen molar-refractivity contribution in [1.29, 1.82) is 0 Å². The molecule has 0 aliphatic heterocycles. The first kappa shape index (κ1) is 14.8. The average molecular weight is 280 g/mol. The quantitative estimate of drug-likeness (QED) is 0.580. The number of hydrogen-bond acceptors (Lipinski definition) is 0. The zero-order valence-electron chi connectivity index (χ0n) is 12.8. The van der Waals surface area contributed by atoms with Crippen LogP contribution in [0.25, 0.3) is 0 Å². The molecule has 0 atom stereocenters. The standard InChI is InChI=1S/C19H24Si/c1-5-16-20(19(2,3)4,17-12-8-6-9-13-17)18-14-10-7-11-15-18/h5-15H,1,16H2,2-4H3. The van der Waals surface area contributed by atoms with E-state index in [0.717, 1.165) is 6.04 Å². The lowest BCUT2D eigenvalue weighted by Gasteiger charge is -2.43. The van der Waals surface area contributed by atoms with E-state index in [-0.39, 0.29) is 5.04 Å². The van der Waals surface area contributed by atoms with Crippen molar-refractivity contribution in [2.24, 2.45) is 0 Å². The van der Waals surface area contributed by atoms with Crippen molar-refractivity contribution in [3.05, 3.63) is 73.3 Å². The van der Waals surface area contributed by atoms with Crippen LogP contribution in [0.5, 0.6) is 0 Å². The van der Waals surface area contributed by atoms with E-state index in [1.54, 1.807) is 0 Å². The second-order valence-electron chi connectivity index (χ2n) is 6.38. The molecule has 0 N–H and O–H groups in total. The maximum Gasteiger partial charge on any atom is 0.126 e. The molecule has 0 nitrogen and oxygen atoms in total. The van der Waals surface area contributed by atoms with Crippen molar-refractivity contribution < 1.29 is 0 Å². The van der Waals surface area contributed by atoms with Crippen LogP contribution in [-0.2, 0) is 0 Å². The maximum atomic E-state index is 4.04. The predicted octanol–water partition coefficient (Wildman–Crippen LogP) is 4.24. The Kier molecular flexibility index (Phi) is 4.29. The van der Waals surface area contributed by atoms with Gasteiger partial charge in [0.2, 0.25) is 0 Å². The third-order valence-corrected chi connectivity index (χ3v) is 10.4. The van der Waals surface area contributed by atoms with Gasteiger partial charge in [0, 0.05) is 0 Å². The van der Waals surface area contributed by atoms with Gasteiger partial charge >= 0.3 is 0 Å². The molecule has 0 heterocycles. The predicted molar refractivity (Wildman–Crippen MR) is 92.6 cm³/mol. The first-order valence-electron chi connectivity index (χ1n) is 7.24. The zero-order valence-corrected chi connectivity index (χ0v) is 13.8. The van der Waals surface area contributed by atoms with Crippen molar-refractivity contribution in [1.82, 2.24) is 0 Å². The molecule has 2 rings (SSSR count). The van der Waals surface area contributed by atoms with Gasteiger partial charge in [-0.3, -0.25) is 0 Å². The van der Waals surface area contributed by atoms with Crippen LogP contribution in [0.15, 0.2) is 73.3 Å². The van der Waals surface area contributed by atoms with Gasteiger partial charge in [0.15, 0.2) is 0 Å². The molecule has 0 aliphatic carbocycles. The summed E-state index contributed by atoms with van der Waals surface area (Å²) in [5, 5.41) is 3.24. The summed E-state index contributed by atoms with van der Waals surface area (Å²) < 4.78 is 0. The van der Waals surface area contributed by atoms with Crippen LogP contribution in [0.2, 0.25) is 11.1 Å². The van der Waals surface area contributed by atoms with Crippen molar-refractivity contribution in [3.63, 3.8) is 0 Å². The van der Waals surface area contributed by atoms with Gasteiger partial charge in [-0.25, -0.2) is 0 Å². The van der Waals surface area contributed by atoms with Gasteiger partial charge in [-0.05, 0) is 11.1 Å². The monoisotopic (exact) mass is 280 g/mol. The lowest BCUT2D eigenvalue weighted by Crippen LogP contribution is -2.63. The van der Waals surface area contributed by atoms with Crippen LogP contribution in [0.1, 0.15) is 20.8 Å². The molecule has 0 unspecified atom stereocenters. The lowest BCUT2D eigenvalue weighted by atomic mass is 10.2. The Morgan fingerprint density at radius 2 is 1.25 bits per heavy atom. The fraction of sp³-hybridized carbons (Fsp3) is 0.263. The molecule has 0 aliphatic rings. The molecular weight excluding hydrogens is 256 g/mol. The number of benzene rings is 2. The topological polar surface area (TPSA) is 0 Å². The van der Waals surface area contributed by atoms with E-state index in [2.05, 4.69) is 94.1 Å². The Hall–Kier alpha value is -1.60. The third kappa shape index (κ3) is 2.50. The number of rotatable bonds is 4. The van der Waals surface area contributed by atoms with E-state index in [4.69, 9.17) is 0 Å². The Labute approximate surface area is 124 Å². The molecule has 0 saturated carbocycles. The van der Waals surface area contributed by atoms with E-state index in [1.807, 2.05) is 0 Å². The first-order chi connectivity index (χ1) is 9.52. The van der Waals surface area contributed by atoms with Crippen molar-refractivity contribution in [2.45, 2.75) is 31.9 Å². The average Bonchev–Trinajstić information content (AvgIpc) is 2.45. The molecule has 0 radical (unpaired) electrons. The molecule has 0 bridgehead atoms. The highest BCUT2D eigenvalue weighted by molar-refractivity contribution is 7.04. The van der Waals surface area contributed by atoms with Crippen molar-refractivity contribution in [3.8, 4) is 0 Å². The highest BCUT2D eigenvalue weighted by Gasteiger charge is 2.46. The lowest BCUT2D eigenvalue weighted by molar-refractivity contribution is 0.730. The van der Waals surface area contributed by atoms with Crippen LogP contribution in [-0.4, -0.2) is 8.07 Å². The molecule has 0 fully saturated rings. The van der Waals surface area contributed by atoms with Crippen LogP contribution >= 0.6 is 0 Å². The number of hydrogen-bond donors (Lipinski definition) is 0. The molecule has 0 aromatic heterocycles. The van der Waals surface area contributed by atoms with Gasteiger partial charge in [-0.1, -0.05) is 97.9 Å². The van der Waals surface area contributed by atoms with E-state index in [9.17, 15) is 0 Å². The SMILES string of the molecule is C=CC[Si](c1ccccc1)(c1ccccc1)C(C)(C)C. The zero-order chi connectivity index (χ0) is 14.6. The van der Waals surface area contributed by atoms with E-state index in [1.165, 1.54) is 10.4 Å². The van der Waals surface area contributed by atoms with Gasteiger partial charge < -0.3 is 0 Å². The molecule has 0 amide bonds. The van der Waals surface area contributed by atoms with Crippen molar-refractivity contribution in [2.75, 3.05) is 0 Å². The molecule has 0 spiro atoms. The van der Waals surface area contributed by atoms with E-state index in [0.29, 0.717) is 0 Å². The summed E-state index contributed by atoms with van der Waals surface area (Å²) in [4.78, 5) is 0. The first-order valence-corrected chi connectivity index (χ1v) is 9.45. The van der Waals surface area contributed by atoms with Crippen molar-refractivity contribution >= 4 is 18.4 Å². The minimum atomic E-state index is -1.87. The Morgan fingerprint density at radius 1 is 0.850 bits per heavy atom. The van der Waals surface area contributed by atoms with Crippen LogP contribution in [0.3, 0.4) is 0 Å². The highest BCUT2D eigenvalue weighted by Crippen LogP contribution is 2.38. The normalized spacial score (nSPS) is 12.2. The summed E-state index contributed by atoms with van der Waals surface area (Å²) in [6.45, 7) is 11.2. The molecule has 1 heteroatoms. The molecular formula is C19H24Si. The Balaban J connectivity index is 2.73. The van der Waals surface area contributed by atoms with Crippen LogP contribution in [0.4, 0.5) is 0 Å². The summed E-state index contributed by atoms with van der Waals surface area (Å²) >= 11 is 0. The second kappa shape index (κ2) is 5.80. The highest BCUT2D eigenvalue weighted by atomic mass is 28.3. The second-order valence-corrected chi connectivity index (χ2v) is 11.3.